The number of carbonyl (C=O) groups is 2. The molecule has 33 heavy (non-hydrogen) atoms. The monoisotopic (exact) mass is 448 g/mol. The maximum absolute atomic E-state index is 13.4. The molecule has 0 aliphatic rings. The molecule has 3 rings (SSSR count). The summed E-state index contributed by atoms with van der Waals surface area (Å²) >= 11 is 0. The Kier molecular flexibility index (Phi) is 8.58. The molecule has 0 bridgehead atoms. The van der Waals surface area contributed by atoms with Crippen LogP contribution >= 0.6 is 0 Å². The van der Waals surface area contributed by atoms with Crippen LogP contribution < -0.4 is 10.1 Å². The van der Waals surface area contributed by atoms with E-state index < -0.39 is 6.04 Å². The fourth-order valence-electron chi connectivity index (χ4n) is 3.47. The summed E-state index contributed by atoms with van der Waals surface area (Å²) in [6, 6.07) is 23.8. The van der Waals surface area contributed by atoms with Gasteiger partial charge >= 0.3 is 0 Å². The minimum atomic E-state index is -0.723. The quantitative estimate of drug-likeness (QED) is 0.501. The SMILES string of the molecule is CC(C)NC(=O)C(Cc1ccccc1)N(Cc1ccccc1)C(=O)COc1ccc(F)cc1. The molecular weight excluding hydrogens is 419 g/mol. The van der Waals surface area contributed by atoms with Gasteiger partial charge in [0.1, 0.15) is 17.6 Å². The van der Waals surface area contributed by atoms with Crippen molar-refractivity contribution in [1.82, 2.24) is 10.2 Å². The molecule has 3 aromatic rings. The number of amides is 2. The highest BCUT2D eigenvalue weighted by molar-refractivity contribution is 5.88. The lowest BCUT2D eigenvalue weighted by molar-refractivity contribution is -0.143. The van der Waals surface area contributed by atoms with Gasteiger partial charge in [-0.3, -0.25) is 9.59 Å². The number of hydrogen-bond acceptors (Lipinski definition) is 3. The average Bonchev–Trinajstić information content (AvgIpc) is 2.81. The van der Waals surface area contributed by atoms with Crippen molar-refractivity contribution in [2.24, 2.45) is 0 Å². The maximum atomic E-state index is 13.4. The minimum absolute atomic E-state index is 0.0695. The van der Waals surface area contributed by atoms with E-state index in [2.05, 4.69) is 5.32 Å². The zero-order chi connectivity index (χ0) is 23.6. The van der Waals surface area contributed by atoms with Crippen LogP contribution in [-0.4, -0.2) is 35.4 Å². The largest absolute Gasteiger partial charge is 0.484 e. The van der Waals surface area contributed by atoms with Gasteiger partial charge in [0.05, 0.1) is 0 Å². The number of ether oxygens (including phenoxy) is 1. The van der Waals surface area contributed by atoms with Gasteiger partial charge < -0.3 is 15.0 Å². The Morgan fingerprint density at radius 1 is 0.879 bits per heavy atom. The first kappa shape index (κ1) is 24.0. The summed E-state index contributed by atoms with van der Waals surface area (Å²) in [4.78, 5) is 28.1. The standard InChI is InChI=1S/C27H29FN2O3/c1-20(2)29-27(32)25(17-21-9-5-3-6-10-21)30(18-22-11-7-4-8-12-22)26(31)19-33-24-15-13-23(28)14-16-24/h3-16,20,25H,17-19H2,1-2H3,(H,29,32). The van der Waals surface area contributed by atoms with Crippen LogP contribution in [0.25, 0.3) is 0 Å². The molecule has 6 heteroatoms. The molecular formula is C27H29FN2O3. The normalized spacial score (nSPS) is 11.6. The van der Waals surface area contributed by atoms with Crippen molar-refractivity contribution in [1.29, 1.82) is 0 Å². The molecule has 5 nitrogen and oxygen atoms in total. The highest BCUT2D eigenvalue weighted by Crippen LogP contribution is 2.17. The maximum Gasteiger partial charge on any atom is 0.261 e. The van der Waals surface area contributed by atoms with Crippen LogP contribution in [0.3, 0.4) is 0 Å². The predicted molar refractivity (Wildman–Crippen MR) is 126 cm³/mol. The lowest BCUT2D eigenvalue weighted by Crippen LogP contribution is -2.52. The van der Waals surface area contributed by atoms with Gasteiger partial charge in [-0.15, -0.1) is 0 Å². The van der Waals surface area contributed by atoms with Gasteiger partial charge in [-0.1, -0.05) is 60.7 Å². The number of nitrogens with zero attached hydrogens (tertiary/aromatic N) is 1. The molecule has 0 aromatic heterocycles. The van der Waals surface area contributed by atoms with E-state index in [0.29, 0.717) is 12.2 Å². The Morgan fingerprint density at radius 2 is 1.45 bits per heavy atom. The molecule has 172 valence electrons. The molecule has 2 amide bonds. The van der Waals surface area contributed by atoms with E-state index in [0.717, 1.165) is 11.1 Å². The minimum Gasteiger partial charge on any atom is -0.484 e. The highest BCUT2D eigenvalue weighted by atomic mass is 19.1. The first-order chi connectivity index (χ1) is 15.9. The fourth-order valence-corrected chi connectivity index (χ4v) is 3.47. The van der Waals surface area contributed by atoms with Crippen LogP contribution in [0.15, 0.2) is 84.9 Å². The van der Waals surface area contributed by atoms with Crippen LogP contribution in [0.1, 0.15) is 25.0 Å². The van der Waals surface area contributed by atoms with Gasteiger partial charge in [0.2, 0.25) is 5.91 Å². The van der Waals surface area contributed by atoms with Crippen molar-refractivity contribution in [3.8, 4) is 5.75 Å². The number of nitrogens with one attached hydrogen (secondary N) is 1. The van der Waals surface area contributed by atoms with Crippen LogP contribution in [0.5, 0.6) is 5.75 Å². The van der Waals surface area contributed by atoms with Crippen LogP contribution in [0.2, 0.25) is 0 Å². The Balaban J connectivity index is 1.87. The lowest BCUT2D eigenvalue weighted by atomic mass is 10.0. The Labute approximate surface area is 194 Å². The molecule has 0 aliphatic heterocycles. The summed E-state index contributed by atoms with van der Waals surface area (Å²) in [5.41, 5.74) is 1.86. The number of halogens is 1. The third-order valence-electron chi connectivity index (χ3n) is 5.07. The molecule has 0 aliphatic carbocycles. The number of carbonyl (C=O) groups excluding carboxylic acids is 2. The van der Waals surface area contributed by atoms with Crippen molar-refractivity contribution in [2.75, 3.05) is 6.61 Å². The van der Waals surface area contributed by atoms with Crippen molar-refractivity contribution in [2.45, 2.75) is 38.9 Å². The second-order valence-corrected chi connectivity index (χ2v) is 8.12. The lowest BCUT2D eigenvalue weighted by Gasteiger charge is -2.32. The highest BCUT2D eigenvalue weighted by Gasteiger charge is 2.31. The van der Waals surface area contributed by atoms with Gasteiger partial charge in [-0.05, 0) is 49.2 Å². The van der Waals surface area contributed by atoms with Crippen molar-refractivity contribution in [3.05, 3.63) is 102 Å². The summed E-state index contributed by atoms with van der Waals surface area (Å²) in [6.07, 6.45) is 0.370. The van der Waals surface area contributed by atoms with Gasteiger partial charge in [0.25, 0.3) is 5.91 Å². The molecule has 1 unspecified atom stereocenters. The molecule has 0 fully saturated rings. The Hall–Kier alpha value is -3.67. The summed E-state index contributed by atoms with van der Waals surface area (Å²) in [5.74, 6) is -0.550. The number of rotatable bonds is 10. The van der Waals surface area contributed by atoms with Crippen molar-refractivity contribution < 1.29 is 18.7 Å². The Morgan fingerprint density at radius 3 is 2.03 bits per heavy atom. The molecule has 1 N–H and O–H groups in total. The molecule has 0 saturated heterocycles. The average molecular weight is 449 g/mol. The first-order valence-electron chi connectivity index (χ1n) is 11.0. The van der Waals surface area contributed by atoms with E-state index >= 15 is 0 Å². The summed E-state index contributed by atoms with van der Waals surface area (Å²) in [5, 5.41) is 2.95. The van der Waals surface area contributed by atoms with Gasteiger partial charge in [0, 0.05) is 19.0 Å². The summed E-state index contributed by atoms with van der Waals surface area (Å²) in [7, 11) is 0. The fraction of sp³-hybridized carbons (Fsp3) is 0.259. The molecule has 3 aromatic carbocycles. The zero-order valence-corrected chi connectivity index (χ0v) is 18.9. The van der Waals surface area contributed by atoms with Crippen LogP contribution in [-0.2, 0) is 22.6 Å². The third kappa shape index (κ3) is 7.45. The van der Waals surface area contributed by atoms with Crippen molar-refractivity contribution in [3.63, 3.8) is 0 Å². The van der Waals surface area contributed by atoms with Crippen molar-refractivity contribution >= 4 is 11.8 Å². The van der Waals surface area contributed by atoms with Gasteiger partial charge in [-0.25, -0.2) is 4.39 Å². The van der Waals surface area contributed by atoms with E-state index in [1.165, 1.54) is 24.3 Å². The molecule has 0 spiro atoms. The first-order valence-corrected chi connectivity index (χ1v) is 11.0. The van der Waals surface area contributed by atoms with E-state index in [-0.39, 0.29) is 36.8 Å². The Bertz CT molecular complexity index is 1020. The second-order valence-electron chi connectivity index (χ2n) is 8.12. The molecule has 0 heterocycles. The smallest absolute Gasteiger partial charge is 0.261 e. The van der Waals surface area contributed by atoms with Crippen LogP contribution in [0, 0.1) is 5.82 Å². The molecule has 0 saturated carbocycles. The number of benzene rings is 3. The van der Waals surface area contributed by atoms with Gasteiger partial charge in [0.15, 0.2) is 6.61 Å². The molecule has 0 radical (unpaired) electrons. The van der Waals surface area contributed by atoms with E-state index in [1.54, 1.807) is 4.90 Å². The topological polar surface area (TPSA) is 58.6 Å². The third-order valence-corrected chi connectivity index (χ3v) is 5.07. The number of hydrogen-bond donors (Lipinski definition) is 1. The summed E-state index contributed by atoms with van der Waals surface area (Å²) < 4.78 is 18.8. The van der Waals surface area contributed by atoms with Crippen LogP contribution in [0.4, 0.5) is 4.39 Å². The van der Waals surface area contributed by atoms with E-state index in [1.807, 2.05) is 74.5 Å². The predicted octanol–water partition coefficient (Wildman–Crippen LogP) is 4.37. The van der Waals surface area contributed by atoms with E-state index in [9.17, 15) is 14.0 Å². The van der Waals surface area contributed by atoms with E-state index in [4.69, 9.17) is 4.74 Å². The summed E-state index contributed by atoms with van der Waals surface area (Å²) in [6.45, 7) is 3.77. The van der Waals surface area contributed by atoms with Gasteiger partial charge in [-0.2, -0.15) is 0 Å². The zero-order valence-electron chi connectivity index (χ0n) is 18.9. The molecule has 1 atom stereocenters. The second kappa shape index (κ2) is 11.8.